The fourth-order valence-electron chi connectivity index (χ4n) is 1.93. The minimum absolute atomic E-state index is 0.160. The van der Waals surface area contributed by atoms with Crippen LogP contribution in [0.15, 0.2) is 53.0 Å². The highest BCUT2D eigenvalue weighted by Crippen LogP contribution is 2.27. The van der Waals surface area contributed by atoms with Crippen LogP contribution < -0.4 is 4.72 Å². The van der Waals surface area contributed by atoms with Gasteiger partial charge in [0.2, 0.25) is 0 Å². The molecule has 0 fully saturated rings. The molecule has 1 aromatic carbocycles. The number of hydrogen-bond acceptors (Lipinski definition) is 4. The maximum absolute atomic E-state index is 12.2. The van der Waals surface area contributed by atoms with Crippen LogP contribution >= 0.6 is 34.5 Å². The van der Waals surface area contributed by atoms with Crippen molar-refractivity contribution in [3.63, 3.8) is 0 Å². The van der Waals surface area contributed by atoms with Gasteiger partial charge in [0.05, 0.1) is 22.8 Å². The zero-order chi connectivity index (χ0) is 16.4. The predicted octanol–water partition coefficient (Wildman–Crippen LogP) is 4.10. The summed E-state index contributed by atoms with van der Waals surface area (Å²) in [5, 5.41) is 4.82. The third-order valence-electron chi connectivity index (χ3n) is 2.96. The Bertz CT molecular complexity index is 918. The SMILES string of the molecule is O=S(=O)(Nc1cnn(Cc2ccc(Cl)cc2)c1)c1ccc(Cl)s1. The third kappa shape index (κ3) is 4.06. The molecule has 2 aromatic heterocycles. The first-order chi connectivity index (χ1) is 10.9. The van der Waals surface area contributed by atoms with Crippen molar-refractivity contribution in [3.8, 4) is 0 Å². The molecule has 0 bridgehead atoms. The van der Waals surface area contributed by atoms with Crippen LogP contribution in [0.2, 0.25) is 9.36 Å². The first-order valence-corrected chi connectivity index (χ1v) is 9.53. The topological polar surface area (TPSA) is 64.0 Å². The molecule has 0 atom stereocenters. The number of nitrogens with zero attached hydrogens (tertiary/aromatic N) is 2. The largest absolute Gasteiger partial charge is 0.276 e. The Morgan fingerprint density at radius 2 is 1.87 bits per heavy atom. The Balaban J connectivity index is 1.73. The van der Waals surface area contributed by atoms with Gasteiger partial charge < -0.3 is 0 Å². The summed E-state index contributed by atoms with van der Waals surface area (Å²) in [6.07, 6.45) is 3.09. The summed E-state index contributed by atoms with van der Waals surface area (Å²) in [6.45, 7) is 0.518. The molecule has 0 unspecified atom stereocenters. The summed E-state index contributed by atoms with van der Waals surface area (Å²) in [7, 11) is -3.64. The molecule has 0 spiro atoms. The van der Waals surface area contributed by atoms with Crippen LogP contribution in [0.4, 0.5) is 5.69 Å². The minimum Gasteiger partial charge on any atom is -0.276 e. The molecule has 0 aliphatic heterocycles. The summed E-state index contributed by atoms with van der Waals surface area (Å²) in [5.41, 5.74) is 1.40. The number of sulfonamides is 1. The number of rotatable bonds is 5. The smallest absolute Gasteiger partial charge is 0.271 e. The Kier molecular flexibility index (Phi) is 4.63. The van der Waals surface area contributed by atoms with E-state index in [4.69, 9.17) is 23.2 Å². The molecule has 0 aliphatic rings. The van der Waals surface area contributed by atoms with E-state index in [0.29, 0.717) is 21.6 Å². The van der Waals surface area contributed by atoms with E-state index < -0.39 is 10.0 Å². The summed E-state index contributed by atoms with van der Waals surface area (Å²) in [6, 6.07) is 10.4. The normalized spacial score (nSPS) is 11.6. The summed E-state index contributed by atoms with van der Waals surface area (Å²) in [4.78, 5) is 0. The Morgan fingerprint density at radius 1 is 1.13 bits per heavy atom. The van der Waals surface area contributed by atoms with E-state index in [1.807, 2.05) is 12.1 Å². The first kappa shape index (κ1) is 16.3. The molecule has 1 N–H and O–H groups in total. The zero-order valence-electron chi connectivity index (χ0n) is 11.6. The maximum Gasteiger partial charge on any atom is 0.271 e. The Labute approximate surface area is 147 Å². The molecular formula is C14H11Cl2N3O2S2. The molecule has 0 saturated carbocycles. The van der Waals surface area contributed by atoms with E-state index in [1.165, 1.54) is 12.3 Å². The second-order valence-corrected chi connectivity index (χ2v) is 8.78. The van der Waals surface area contributed by atoms with E-state index in [0.717, 1.165) is 16.9 Å². The summed E-state index contributed by atoms with van der Waals surface area (Å²) < 4.78 is 29.1. The molecule has 9 heteroatoms. The number of hydrogen-bond donors (Lipinski definition) is 1. The molecule has 0 amide bonds. The van der Waals surface area contributed by atoms with Gasteiger partial charge in [-0.25, -0.2) is 8.42 Å². The van der Waals surface area contributed by atoms with Crippen molar-refractivity contribution < 1.29 is 8.42 Å². The molecule has 3 rings (SSSR count). The van der Waals surface area contributed by atoms with Gasteiger partial charge in [0, 0.05) is 11.2 Å². The van der Waals surface area contributed by atoms with Crippen molar-refractivity contribution in [2.75, 3.05) is 4.72 Å². The van der Waals surface area contributed by atoms with E-state index in [2.05, 4.69) is 9.82 Å². The van der Waals surface area contributed by atoms with Crippen molar-refractivity contribution in [3.05, 3.63) is 63.7 Å². The van der Waals surface area contributed by atoms with Crippen LogP contribution in [0.25, 0.3) is 0 Å². The number of aromatic nitrogens is 2. The number of nitrogens with one attached hydrogen (secondary N) is 1. The first-order valence-electron chi connectivity index (χ1n) is 6.47. The molecule has 0 radical (unpaired) electrons. The second kappa shape index (κ2) is 6.52. The number of halogens is 2. The van der Waals surface area contributed by atoms with Gasteiger partial charge in [-0.05, 0) is 29.8 Å². The van der Waals surface area contributed by atoms with Crippen LogP contribution in [0.5, 0.6) is 0 Å². The van der Waals surface area contributed by atoms with Crippen LogP contribution in [-0.4, -0.2) is 18.2 Å². The van der Waals surface area contributed by atoms with E-state index in [1.54, 1.807) is 29.1 Å². The van der Waals surface area contributed by atoms with E-state index in [-0.39, 0.29) is 4.21 Å². The highest BCUT2D eigenvalue weighted by atomic mass is 35.5. The molecule has 23 heavy (non-hydrogen) atoms. The minimum atomic E-state index is -3.64. The Morgan fingerprint density at radius 3 is 2.52 bits per heavy atom. The molecule has 0 aliphatic carbocycles. The number of anilines is 1. The van der Waals surface area contributed by atoms with Crippen LogP contribution in [0.1, 0.15) is 5.56 Å². The standard InChI is InChI=1S/C14H11Cl2N3O2S2/c15-11-3-1-10(2-4-11)8-19-9-12(7-17-19)18-23(20,21)14-6-5-13(16)22-14/h1-7,9,18H,8H2. The summed E-state index contributed by atoms with van der Waals surface area (Å²) in [5.74, 6) is 0. The van der Waals surface area contributed by atoms with E-state index in [9.17, 15) is 8.42 Å². The average molecular weight is 388 g/mol. The van der Waals surface area contributed by atoms with Crippen molar-refractivity contribution in [1.82, 2.24) is 9.78 Å². The molecule has 120 valence electrons. The van der Waals surface area contributed by atoms with Crippen LogP contribution in [-0.2, 0) is 16.6 Å². The second-order valence-electron chi connectivity index (χ2n) is 4.72. The zero-order valence-corrected chi connectivity index (χ0v) is 14.8. The van der Waals surface area contributed by atoms with Crippen molar-refractivity contribution in [2.45, 2.75) is 10.8 Å². The van der Waals surface area contributed by atoms with Gasteiger partial charge in [-0.15, -0.1) is 11.3 Å². The lowest BCUT2D eigenvalue weighted by Crippen LogP contribution is -2.10. The van der Waals surface area contributed by atoms with Gasteiger partial charge in [-0.1, -0.05) is 35.3 Å². The highest BCUT2D eigenvalue weighted by Gasteiger charge is 2.17. The lowest BCUT2D eigenvalue weighted by atomic mass is 10.2. The number of benzene rings is 1. The maximum atomic E-state index is 12.2. The average Bonchev–Trinajstić information content (AvgIpc) is 3.11. The fourth-order valence-corrected chi connectivity index (χ4v) is 4.56. The van der Waals surface area contributed by atoms with Gasteiger partial charge >= 0.3 is 0 Å². The van der Waals surface area contributed by atoms with Crippen LogP contribution in [0, 0.1) is 0 Å². The van der Waals surface area contributed by atoms with Gasteiger partial charge in [-0.3, -0.25) is 9.40 Å². The molecule has 3 aromatic rings. The molecule has 0 saturated heterocycles. The fraction of sp³-hybridized carbons (Fsp3) is 0.0714. The van der Waals surface area contributed by atoms with Crippen LogP contribution in [0.3, 0.4) is 0 Å². The third-order valence-corrected chi connectivity index (χ3v) is 6.31. The van der Waals surface area contributed by atoms with Crippen molar-refractivity contribution in [1.29, 1.82) is 0 Å². The molecule has 5 nitrogen and oxygen atoms in total. The summed E-state index contributed by atoms with van der Waals surface area (Å²) >= 11 is 12.6. The lowest BCUT2D eigenvalue weighted by molar-refractivity contribution is 0.603. The predicted molar refractivity (Wildman–Crippen MR) is 92.9 cm³/mol. The molecule has 2 heterocycles. The van der Waals surface area contributed by atoms with Gasteiger partial charge in [0.25, 0.3) is 10.0 Å². The lowest BCUT2D eigenvalue weighted by Gasteiger charge is -2.03. The highest BCUT2D eigenvalue weighted by molar-refractivity contribution is 7.94. The monoisotopic (exact) mass is 387 g/mol. The van der Waals surface area contributed by atoms with Crippen molar-refractivity contribution >= 4 is 50.2 Å². The van der Waals surface area contributed by atoms with Gasteiger partial charge in [-0.2, -0.15) is 5.10 Å². The van der Waals surface area contributed by atoms with Gasteiger partial charge in [0.15, 0.2) is 0 Å². The quantitative estimate of drug-likeness (QED) is 0.716. The molecular weight excluding hydrogens is 377 g/mol. The number of thiophene rings is 1. The van der Waals surface area contributed by atoms with Gasteiger partial charge in [0.1, 0.15) is 4.21 Å². The van der Waals surface area contributed by atoms with Crippen molar-refractivity contribution in [2.24, 2.45) is 0 Å². The van der Waals surface area contributed by atoms with E-state index >= 15 is 0 Å². The Hall–Kier alpha value is -1.54.